The molecule has 16 heteroatoms. The molecule has 5 heterocycles. The number of halogens is 1. The first-order valence-electron chi connectivity index (χ1n) is 23.6. The van der Waals surface area contributed by atoms with Crippen LogP contribution in [0.15, 0.2) is 62.3 Å². The highest BCUT2D eigenvalue weighted by Crippen LogP contribution is 2.42. The fourth-order valence-corrected chi connectivity index (χ4v) is 10.0. The fourth-order valence-electron chi connectivity index (χ4n) is 9.91. The van der Waals surface area contributed by atoms with Crippen molar-refractivity contribution in [3.8, 4) is 11.5 Å². The molecule has 5 bridgehead atoms. The van der Waals surface area contributed by atoms with Crippen LogP contribution < -0.4 is 31.0 Å². The third kappa shape index (κ3) is 9.47. The predicted molar refractivity (Wildman–Crippen MR) is 268 cm³/mol. The summed E-state index contributed by atoms with van der Waals surface area (Å²) in [5, 5.41) is 38.2. The monoisotopic (exact) mass is 1000 g/mol. The highest BCUT2D eigenvalue weighted by molar-refractivity contribution is 9.09. The van der Waals surface area contributed by atoms with Crippen LogP contribution in [0.25, 0.3) is 38.7 Å². The minimum Gasteiger partial charge on any atom is -0.507 e. The molecule has 3 aromatic carbocycles. The Kier molecular flexibility index (Phi) is 14.7. The number of aromatic nitrogens is 1. The summed E-state index contributed by atoms with van der Waals surface area (Å²) in [5.41, 5.74) is -1.02. The lowest BCUT2D eigenvalue weighted by molar-refractivity contribution is -0.154. The average Bonchev–Trinajstić information content (AvgIpc) is 3.57. The van der Waals surface area contributed by atoms with Gasteiger partial charge in [0.1, 0.15) is 34.1 Å². The standard InChI is InChI=1S/C52H65BrN4O11/c1-25(2)24-56-16-18-57(19-17-56)34-21-35(58)41-36(22-34)66-49-42(54-41)38-39-45(61)33(10)48-40(38)50(63)52(11,68-48)65-20-15-26(3)29(6)30(7)31(8)44(60)32(9)47(67-37(59)23-53)27(4)13-12-14-28(5)51(64)55-43(49)46(39)62/h12-15,20-22,25-27,29-32,44,47,60-61,63H,16-19,23-24H2,1-11H3,(H,55,64)/b13-12+,20-15+,28-14-/t26-,27-,29+,30+,31-,32-,44-,47-,52-/m0/s1. The molecule has 0 aliphatic carbocycles. The number of anilines is 2. The first-order valence-corrected chi connectivity index (χ1v) is 24.7. The molecule has 0 spiro atoms. The summed E-state index contributed by atoms with van der Waals surface area (Å²) in [4.78, 5) is 65.2. The molecule has 1 amide bonds. The number of carbonyl (C=O) groups is 2. The van der Waals surface area contributed by atoms with Gasteiger partial charge in [-0.2, -0.15) is 0 Å². The number of rotatable bonds is 5. The second-order valence-electron chi connectivity index (χ2n) is 19.8. The zero-order chi connectivity index (χ0) is 49.7. The zero-order valence-electron chi connectivity index (χ0n) is 40.8. The number of hydrogen-bond acceptors (Lipinski definition) is 14. The molecule has 366 valence electrons. The largest absolute Gasteiger partial charge is 0.507 e. The quantitative estimate of drug-likeness (QED) is 0.0659. The van der Waals surface area contributed by atoms with Gasteiger partial charge in [-0.3, -0.25) is 24.1 Å². The molecule has 0 saturated carbocycles. The summed E-state index contributed by atoms with van der Waals surface area (Å²) in [6.45, 7) is 24.7. The van der Waals surface area contributed by atoms with Crippen molar-refractivity contribution in [2.45, 2.75) is 94.2 Å². The van der Waals surface area contributed by atoms with Gasteiger partial charge >= 0.3 is 11.8 Å². The van der Waals surface area contributed by atoms with E-state index < -0.39 is 64.1 Å². The highest BCUT2D eigenvalue weighted by atomic mass is 79.9. The summed E-state index contributed by atoms with van der Waals surface area (Å²) in [6, 6.07) is 3.20. The number of fused-ring (bicyclic) bond motifs is 14. The minimum absolute atomic E-state index is 0.00782. The van der Waals surface area contributed by atoms with E-state index >= 15 is 0 Å². The molecular formula is C52H65BrN4O11. The lowest BCUT2D eigenvalue weighted by Gasteiger charge is -2.38. The number of benzene rings is 3. The maximum atomic E-state index is 14.9. The number of aromatic hydroxyl groups is 1. The van der Waals surface area contributed by atoms with Crippen LogP contribution in [0, 0.1) is 48.3 Å². The number of phenolic OH excluding ortho intramolecular Hbond substituents is 1. The number of ether oxygens (including phenoxy) is 3. The number of aliphatic hydroxyl groups excluding tert-OH is 2. The Hall–Kier alpha value is -5.45. The zero-order valence-corrected chi connectivity index (χ0v) is 42.4. The number of amides is 1. The molecule has 8 rings (SSSR count). The Morgan fingerprint density at radius 3 is 2.29 bits per heavy atom. The van der Waals surface area contributed by atoms with Gasteiger partial charge in [-0.1, -0.05) is 89.5 Å². The number of piperazine rings is 1. The maximum Gasteiger partial charge on any atom is 0.316 e. The molecule has 1 aromatic heterocycles. The highest BCUT2D eigenvalue weighted by Gasteiger charge is 2.44. The van der Waals surface area contributed by atoms with Crippen molar-refractivity contribution in [1.82, 2.24) is 9.88 Å². The van der Waals surface area contributed by atoms with Gasteiger partial charge in [-0.05, 0) is 49.5 Å². The number of aliphatic hydroxyl groups is 2. The van der Waals surface area contributed by atoms with Gasteiger partial charge in [-0.25, -0.2) is 4.98 Å². The normalized spacial score (nSPS) is 29.5. The van der Waals surface area contributed by atoms with Gasteiger partial charge in [0, 0.05) is 85.8 Å². The Bertz CT molecular complexity index is 2900. The molecule has 4 N–H and O–H groups in total. The third-order valence-corrected chi connectivity index (χ3v) is 15.0. The van der Waals surface area contributed by atoms with E-state index in [-0.39, 0.29) is 89.8 Å². The molecule has 0 radical (unpaired) electrons. The first kappa shape index (κ1) is 50.4. The SMILES string of the molecule is C/C1=C/C=C/[C@H](C)[C@H](OC(=O)CBr)[C@@H](C)[C@@H](O)[C@@H](C)[C@H](C)[C@H](C)[C@@H](C)/C=C/O[C@@]2(C)Oc3c(C)c(O)c4c(=O)c(c5oc6cc(N7CCN(CC(C)C)CC7)cc(=O)c6nc5c4c3=C2O)NC1=O. The van der Waals surface area contributed by atoms with Gasteiger partial charge in [0.25, 0.3) is 5.91 Å². The van der Waals surface area contributed by atoms with Gasteiger partial charge in [0.15, 0.2) is 22.4 Å². The van der Waals surface area contributed by atoms with Crippen molar-refractivity contribution in [1.29, 1.82) is 0 Å². The molecule has 0 unspecified atom stereocenters. The lowest BCUT2D eigenvalue weighted by atomic mass is 9.72. The van der Waals surface area contributed by atoms with Gasteiger partial charge in [0.05, 0.1) is 23.0 Å². The van der Waals surface area contributed by atoms with Gasteiger partial charge in [0.2, 0.25) is 10.9 Å². The number of alkyl halides is 1. The summed E-state index contributed by atoms with van der Waals surface area (Å²) in [6.07, 6.45) is 6.67. The predicted octanol–water partition coefficient (Wildman–Crippen LogP) is 7.61. The van der Waals surface area contributed by atoms with Crippen LogP contribution in [0.4, 0.5) is 11.4 Å². The van der Waals surface area contributed by atoms with Crippen LogP contribution in [0.1, 0.15) is 74.8 Å². The molecule has 1 fully saturated rings. The molecule has 15 nitrogen and oxygen atoms in total. The Labute approximate surface area is 404 Å². The number of phenols is 1. The van der Waals surface area contributed by atoms with Crippen molar-refractivity contribution in [3.05, 3.63) is 79.5 Å². The molecule has 4 aliphatic rings. The van der Waals surface area contributed by atoms with Crippen LogP contribution >= 0.6 is 15.9 Å². The number of nitrogens with one attached hydrogen (secondary N) is 1. The van der Waals surface area contributed by atoms with Crippen LogP contribution in [0.3, 0.4) is 0 Å². The van der Waals surface area contributed by atoms with Crippen LogP contribution in [-0.2, 0) is 19.1 Å². The Morgan fingerprint density at radius 2 is 1.63 bits per heavy atom. The number of allylic oxidation sites excluding steroid dienone is 3. The molecule has 1 saturated heterocycles. The van der Waals surface area contributed by atoms with Crippen molar-refractivity contribution in [2.24, 2.45) is 41.4 Å². The number of carbonyl (C=O) groups excluding carboxylic acids is 2. The smallest absolute Gasteiger partial charge is 0.316 e. The van der Waals surface area contributed by atoms with E-state index in [1.54, 1.807) is 31.2 Å². The summed E-state index contributed by atoms with van der Waals surface area (Å²) in [5.74, 6) is -4.66. The van der Waals surface area contributed by atoms with Gasteiger partial charge < -0.3 is 44.2 Å². The van der Waals surface area contributed by atoms with E-state index in [0.29, 0.717) is 24.7 Å². The van der Waals surface area contributed by atoms with E-state index in [2.05, 4.69) is 58.7 Å². The minimum atomic E-state index is -1.85. The third-order valence-electron chi connectivity index (χ3n) is 14.6. The molecule has 4 aliphatic heterocycles. The van der Waals surface area contributed by atoms with E-state index in [0.717, 1.165) is 19.6 Å². The second-order valence-corrected chi connectivity index (χ2v) is 20.3. The van der Waals surface area contributed by atoms with E-state index in [4.69, 9.17) is 23.6 Å². The van der Waals surface area contributed by atoms with E-state index in [1.165, 1.54) is 26.2 Å². The maximum absolute atomic E-state index is 14.9. The van der Waals surface area contributed by atoms with Crippen LogP contribution in [0.5, 0.6) is 11.5 Å². The number of hydrogen-bond donors (Lipinski definition) is 4. The molecule has 9 atom stereocenters. The van der Waals surface area contributed by atoms with Crippen molar-refractivity contribution < 1.29 is 43.5 Å². The molecule has 68 heavy (non-hydrogen) atoms. The summed E-state index contributed by atoms with van der Waals surface area (Å²) in [7, 11) is 0. The Morgan fingerprint density at radius 1 is 0.941 bits per heavy atom. The Balaban J connectivity index is 1.44. The van der Waals surface area contributed by atoms with Crippen molar-refractivity contribution >= 4 is 77.9 Å². The lowest BCUT2D eigenvalue weighted by Crippen LogP contribution is -2.47. The molecular weight excluding hydrogens is 936 g/mol. The van der Waals surface area contributed by atoms with Crippen LogP contribution in [0.2, 0.25) is 0 Å². The number of nitrogens with zero attached hydrogens (tertiary/aromatic N) is 3. The van der Waals surface area contributed by atoms with Crippen LogP contribution in [-0.4, -0.2) is 93.1 Å². The molecule has 4 aromatic rings. The van der Waals surface area contributed by atoms with Crippen molar-refractivity contribution in [2.75, 3.05) is 48.3 Å². The number of esters is 1. The summed E-state index contributed by atoms with van der Waals surface area (Å²) < 4.78 is 25.0. The van der Waals surface area contributed by atoms with Gasteiger partial charge in [-0.15, -0.1) is 0 Å². The summed E-state index contributed by atoms with van der Waals surface area (Å²) >= 11 is 3.19. The fraction of sp³-hybridized carbons (Fsp3) is 0.519. The van der Waals surface area contributed by atoms with E-state index in [9.17, 15) is 34.5 Å². The van der Waals surface area contributed by atoms with E-state index in [1.807, 2.05) is 33.8 Å². The van der Waals surface area contributed by atoms with Crippen molar-refractivity contribution in [3.63, 3.8) is 0 Å². The average molecular weight is 1000 g/mol. The first-order chi connectivity index (χ1) is 32.1. The second kappa shape index (κ2) is 19.9. The topological polar surface area (TPSA) is 201 Å².